The molecule has 2 N–H and O–H groups in total. The zero-order chi connectivity index (χ0) is 13.7. The molecule has 0 spiro atoms. The quantitative estimate of drug-likeness (QED) is 0.800. The Morgan fingerprint density at radius 2 is 2.32 bits per heavy atom. The number of carbonyl (C=O) groups is 1. The van der Waals surface area contributed by atoms with Crippen molar-refractivity contribution in [2.45, 2.75) is 0 Å². The third-order valence-electron chi connectivity index (χ3n) is 2.21. The summed E-state index contributed by atoms with van der Waals surface area (Å²) in [5, 5.41) is 14.6. The number of benzene rings is 1. The maximum atomic E-state index is 13.2. The number of carbonyl (C=O) groups excluding carboxylic acids is 1. The molecule has 6 heteroatoms. The van der Waals surface area contributed by atoms with E-state index in [0.29, 0.717) is 5.56 Å². The Labute approximate surface area is 108 Å². The molecule has 1 heterocycles. The maximum absolute atomic E-state index is 13.2. The van der Waals surface area contributed by atoms with E-state index >= 15 is 0 Å². The number of nitrogens with one attached hydrogen (secondary N) is 1. The molecule has 1 aromatic heterocycles. The van der Waals surface area contributed by atoms with E-state index < -0.39 is 11.7 Å². The van der Waals surface area contributed by atoms with Crippen molar-refractivity contribution in [3.63, 3.8) is 0 Å². The van der Waals surface area contributed by atoms with Gasteiger partial charge in [-0.1, -0.05) is 17.0 Å². The second kappa shape index (κ2) is 5.80. The molecule has 0 aliphatic rings. The molecule has 0 aliphatic heterocycles. The maximum Gasteiger partial charge on any atom is 0.258 e. The average molecular weight is 260 g/mol. The van der Waals surface area contributed by atoms with Gasteiger partial charge in [-0.2, -0.15) is 0 Å². The van der Waals surface area contributed by atoms with Crippen molar-refractivity contribution < 1.29 is 18.8 Å². The Bertz CT molecular complexity index is 642. The lowest BCUT2D eigenvalue weighted by molar-refractivity contribution is 0.102. The van der Waals surface area contributed by atoms with E-state index in [-0.39, 0.29) is 18.0 Å². The highest BCUT2D eigenvalue weighted by Crippen LogP contribution is 2.13. The molecule has 0 radical (unpaired) electrons. The number of rotatable bonds is 2. The fourth-order valence-corrected chi connectivity index (χ4v) is 1.41. The summed E-state index contributed by atoms with van der Waals surface area (Å²) in [7, 11) is 0. The summed E-state index contributed by atoms with van der Waals surface area (Å²) in [6.45, 7) is -0.346. The molecule has 0 unspecified atom stereocenters. The normalized spacial score (nSPS) is 9.58. The molecular weight excluding hydrogens is 251 g/mol. The van der Waals surface area contributed by atoms with E-state index in [4.69, 9.17) is 5.11 Å². The second-order valence-corrected chi connectivity index (χ2v) is 3.49. The number of aliphatic hydroxyl groups is 1. The van der Waals surface area contributed by atoms with Crippen LogP contribution >= 0.6 is 0 Å². The fourth-order valence-electron chi connectivity index (χ4n) is 1.41. The van der Waals surface area contributed by atoms with Crippen molar-refractivity contribution in [3.05, 3.63) is 47.5 Å². The van der Waals surface area contributed by atoms with Gasteiger partial charge >= 0.3 is 0 Å². The summed E-state index contributed by atoms with van der Waals surface area (Å²) in [6, 6.07) is 5.08. The SMILES string of the molecule is O=C(Nc1ccon1)c1cc(F)ccc1C#CCO. The van der Waals surface area contributed by atoms with Gasteiger partial charge in [0.05, 0.1) is 5.56 Å². The summed E-state index contributed by atoms with van der Waals surface area (Å²) in [5.74, 6) is 4.09. The molecule has 0 fully saturated rings. The van der Waals surface area contributed by atoms with Gasteiger partial charge in [0.25, 0.3) is 5.91 Å². The van der Waals surface area contributed by atoms with Crippen LogP contribution < -0.4 is 5.32 Å². The second-order valence-electron chi connectivity index (χ2n) is 3.49. The summed E-state index contributed by atoms with van der Waals surface area (Å²) < 4.78 is 17.8. The molecule has 0 saturated heterocycles. The van der Waals surface area contributed by atoms with Crippen molar-refractivity contribution in [2.75, 3.05) is 11.9 Å². The van der Waals surface area contributed by atoms with Crippen LogP contribution in [0.5, 0.6) is 0 Å². The molecule has 1 amide bonds. The molecule has 0 atom stereocenters. The molecule has 1 aromatic carbocycles. The van der Waals surface area contributed by atoms with Crippen LogP contribution in [-0.4, -0.2) is 22.8 Å². The minimum absolute atomic E-state index is 0.0592. The number of amides is 1. The minimum atomic E-state index is -0.560. The van der Waals surface area contributed by atoms with Crippen LogP contribution in [0.25, 0.3) is 0 Å². The van der Waals surface area contributed by atoms with Crippen LogP contribution in [0.2, 0.25) is 0 Å². The molecule has 5 nitrogen and oxygen atoms in total. The van der Waals surface area contributed by atoms with Crippen LogP contribution in [0.4, 0.5) is 10.2 Å². The van der Waals surface area contributed by atoms with Crippen molar-refractivity contribution >= 4 is 11.7 Å². The van der Waals surface area contributed by atoms with Crippen molar-refractivity contribution in [1.29, 1.82) is 0 Å². The minimum Gasteiger partial charge on any atom is -0.384 e. The van der Waals surface area contributed by atoms with Crippen molar-refractivity contribution in [1.82, 2.24) is 5.16 Å². The molecular formula is C13H9FN2O3. The number of aliphatic hydroxyl groups excluding tert-OH is 1. The number of anilines is 1. The van der Waals surface area contributed by atoms with E-state index in [1.807, 2.05) is 0 Å². The first-order chi connectivity index (χ1) is 9.20. The molecule has 0 saturated carbocycles. The van der Waals surface area contributed by atoms with Crippen LogP contribution in [0, 0.1) is 17.7 Å². The first-order valence-corrected chi connectivity index (χ1v) is 5.31. The topological polar surface area (TPSA) is 75.4 Å². The zero-order valence-corrected chi connectivity index (χ0v) is 9.68. The molecule has 0 aliphatic carbocycles. The van der Waals surface area contributed by atoms with Gasteiger partial charge < -0.3 is 14.9 Å². The monoisotopic (exact) mass is 260 g/mol. The molecule has 19 heavy (non-hydrogen) atoms. The van der Waals surface area contributed by atoms with Gasteiger partial charge in [-0.15, -0.1) is 0 Å². The van der Waals surface area contributed by atoms with Gasteiger partial charge in [-0.25, -0.2) is 4.39 Å². The van der Waals surface area contributed by atoms with Crippen molar-refractivity contribution in [2.24, 2.45) is 0 Å². The molecule has 2 aromatic rings. The lowest BCUT2D eigenvalue weighted by atomic mass is 10.1. The fraction of sp³-hybridized carbons (Fsp3) is 0.0769. The average Bonchev–Trinajstić information content (AvgIpc) is 2.90. The number of hydrogen-bond acceptors (Lipinski definition) is 4. The lowest BCUT2D eigenvalue weighted by Crippen LogP contribution is -2.14. The molecule has 96 valence electrons. The van der Waals surface area contributed by atoms with Gasteiger partial charge in [0.1, 0.15) is 18.7 Å². The Morgan fingerprint density at radius 3 is 3.00 bits per heavy atom. The summed E-state index contributed by atoms with van der Waals surface area (Å²) in [5.41, 5.74) is 0.375. The van der Waals surface area contributed by atoms with E-state index in [2.05, 4.69) is 26.8 Å². The smallest absolute Gasteiger partial charge is 0.258 e. The predicted octanol–water partition coefficient (Wildman–Crippen LogP) is 1.41. The van der Waals surface area contributed by atoms with Crippen LogP contribution in [-0.2, 0) is 0 Å². The Balaban J connectivity index is 2.31. The lowest BCUT2D eigenvalue weighted by Gasteiger charge is -2.04. The van der Waals surface area contributed by atoms with Gasteiger partial charge in [0.15, 0.2) is 5.82 Å². The highest BCUT2D eigenvalue weighted by atomic mass is 19.1. The van der Waals surface area contributed by atoms with Crippen LogP contribution in [0.1, 0.15) is 15.9 Å². The van der Waals surface area contributed by atoms with E-state index in [9.17, 15) is 9.18 Å². The van der Waals surface area contributed by atoms with Gasteiger partial charge in [0.2, 0.25) is 0 Å². The molecule has 0 bridgehead atoms. The highest BCUT2D eigenvalue weighted by Gasteiger charge is 2.13. The van der Waals surface area contributed by atoms with Crippen LogP contribution in [0.15, 0.2) is 35.1 Å². The third-order valence-corrected chi connectivity index (χ3v) is 2.21. The summed E-state index contributed by atoms with van der Waals surface area (Å²) in [4.78, 5) is 12.0. The third kappa shape index (κ3) is 3.18. The number of nitrogens with zero attached hydrogens (tertiary/aromatic N) is 1. The number of hydrogen-bond donors (Lipinski definition) is 2. The number of aromatic nitrogens is 1. The largest absolute Gasteiger partial charge is 0.384 e. The molecule has 2 rings (SSSR count). The Kier molecular flexibility index (Phi) is 3.90. The summed E-state index contributed by atoms with van der Waals surface area (Å²) >= 11 is 0. The zero-order valence-electron chi connectivity index (χ0n) is 9.68. The van der Waals surface area contributed by atoms with Gasteiger partial charge in [-0.05, 0) is 18.2 Å². The summed E-state index contributed by atoms with van der Waals surface area (Å²) in [6.07, 6.45) is 1.30. The van der Waals surface area contributed by atoms with Crippen molar-refractivity contribution in [3.8, 4) is 11.8 Å². The van der Waals surface area contributed by atoms with E-state index in [1.165, 1.54) is 24.5 Å². The van der Waals surface area contributed by atoms with Gasteiger partial charge in [0, 0.05) is 11.6 Å². The predicted molar refractivity (Wildman–Crippen MR) is 64.8 cm³/mol. The highest BCUT2D eigenvalue weighted by molar-refractivity contribution is 6.05. The van der Waals surface area contributed by atoms with Crippen LogP contribution in [0.3, 0.4) is 0 Å². The Hall–Kier alpha value is -2.65. The Morgan fingerprint density at radius 1 is 1.47 bits per heavy atom. The van der Waals surface area contributed by atoms with Gasteiger partial charge in [-0.3, -0.25) is 4.79 Å². The van der Waals surface area contributed by atoms with E-state index in [0.717, 1.165) is 6.07 Å². The first kappa shape index (κ1) is 12.8. The first-order valence-electron chi connectivity index (χ1n) is 5.31. The number of halogens is 1. The van der Waals surface area contributed by atoms with E-state index in [1.54, 1.807) is 0 Å². The standard InChI is InChI=1S/C13H9FN2O3/c14-10-4-3-9(2-1-6-17)11(8-10)13(18)15-12-5-7-19-16-12/h3-5,7-8,17H,6H2,(H,15,16,18).